The number of nitrogens with zero attached hydrogens (tertiary/aromatic N) is 2. The molecule has 0 aliphatic carbocycles. The Morgan fingerprint density at radius 2 is 2.28 bits per heavy atom. The van der Waals surface area contributed by atoms with Gasteiger partial charge in [0, 0.05) is 30.2 Å². The summed E-state index contributed by atoms with van der Waals surface area (Å²) in [6.45, 7) is 2.36. The number of hydrogen-bond acceptors (Lipinski definition) is 5. The predicted octanol–water partition coefficient (Wildman–Crippen LogP) is 3.17. The summed E-state index contributed by atoms with van der Waals surface area (Å²) in [4.78, 5) is 14.8. The van der Waals surface area contributed by atoms with Crippen LogP contribution in [0.25, 0.3) is 10.6 Å². The molecule has 0 atom stereocenters. The van der Waals surface area contributed by atoms with Crippen molar-refractivity contribution in [2.75, 3.05) is 7.11 Å². The van der Waals surface area contributed by atoms with Gasteiger partial charge in [0.2, 0.25) is 0 Å². The Bertz CT molecular complexity index is 580. The average Bonchev–Trinajstić information content (AvgIpc) is 2.78. The molecule has 1 heterocycles. The van der Waals surface area contributed by atoms with Crippen LogP contribution in [0.4, 0.5) is 5.69 Å². The minimum absolute atomic E-state index is 0.0825. The molecule has 1 aromatic heterocycles. The number of thiazole rings is 1. The number of rotatable bonds is 4. The summed E-state index contributed by atoms with van der Waals surface area (Å²) >= 11 is 1.46. The number of non-ortho nitro benzene ring substituents is 1. The Morgan fingerprint density at radius 3 is 2.94 bits per heavy atom. The van der Waals surface area contributed by atoms with Gasteiger partial charge in [0.25, 0.3) is 5.69 Å². The molecule has 94 valence electrons. The van der Waals surface area contributed by atoms with Crippen molar-refractivity contribution >= 4 is 17.0 Å². The van der Waals surface area contributed by atoms with Gasteiger partial charge in [-0.15, -0.1) is 11.3 Å². The lowest BCUT2D eigenvalue weighted by Crippen LogP contribution is -1.91. The normalized spacial score (nSPS) is 10.6. The lowest BCUT2D eigenvalue weighted by Gasteiger charge is -2.01. The minimum atomic E-state index is -0.396. The maximum Gasteiger partial charge on any atom is 0.270 e. The number of aryl methyl sites for hydroxylation is 1. The first-order chi connectivity index (χ1) is 8.61. The van der Waals surface area contributed by atoms with Crippen LogP contribution in [0.1, 0.15) is 11.3 Å². The Balaban J connectivity index is 2.41. The molecule has 2 rings (SSSR count). The first-order valence-corrected chi connectivity index (χ1v) is 6.18. The molecule has 0 saturated heterocycles. The first-order valence-electron chi connectivity index (χ1n) is 5.30. The molecule has 0 bridgehead atoms. The second-order valence-electron chi connectivity index (χ2n) is 3.83. The van der Waals surface area contributed by atoms with Gasteiger partial charge < -0.3 is 4.74 Å². The summed E-state index contributed by atoms with van der Waals surface area (Å²) in [5.41, 5.74) is 2.69. The van der Waals surface area contributed by atoms with E-state index in [1.807, 2.05) is 12.3 Å². The zero-order valence-corrected chi connectivity index (χ0v) is 10.9. The van der Waals surface area contributed by atoms with Gasteiger partial charge in [0.15, 0.2) is 0 Å². The van der Waals surface area contributed by atoms with Gasteiger partial charge in [-0.05, 0) is 12.5 Å². The number of nitro benzene ring substituents is 1. The van der Waals surface area contributed by atoms with Crippen molar-refractivity contribution in [2.45, 2.75) is 13.5 Å². The Labute approximate surface area is 108 Å². The molecule has 0 amide bonds. The van der Waals surface area contributed by atoms with Crippen molar-refractivity contribution in [3.05, 3.63) is 45.0 Å². The van der Waals surface area contributed by atoms with E-state index in [4.69, 9.17) is 4.74 Å². The van der Waals surface area contributed by atoms with Gasteiger partial charge in [0.05, 0.1) is 17.2 Å². The van der Waals surface area contributed by atoms with Crippen molar-refractivity contribution in [3.63, 3.8) is 0 Å². The third-order valence-electron chi connectivity index (χ3n) is 2.51. The zero-order valence-electron chi connectivity index (χ0n) is 10.0. The molecule has 0 aliphatic heterocycles. The van der Waals surface area contributed by atoms with E-state index < -0.39 is 4.92 Å². The number of aromatic nitrogens is 1. The van der Waals surface area contributed by atoms with Crippen molar-refractivity contribution in [2.24, 2.45) is 0 Å². The Hall–Kier alpha value is -1.79. The van der Waals surface area contributed by atoms with Gasteiger partial charge in [0.1, 0.15) is 5.01 Å². The van der Waals surface area contributed by atoms with Gasteiger partial charge in [-0.2, -0.15) is 0 Å². The monoisotopic (exact) mass is 264 g/mol. The molecule has 0 aliphatic rings. The van der Waals surface area contributed by atoms with E-state index in [9.17, 15) is 10.1 Å². The van der Waals surface area contributed by atoms with E-state index >= 15 is 0 Å². The summed E-state index contributed by atoms with van der Waals surface area (Å²) in [5.74, 6) is 0. The van der Waals surface area contributed by atoms with E-state index in [1.54, 1.807) is 19.2 Å². The van der Waals surface area contributed by atoms with Crippen LogP contribution in [0.3, 0.4) is 0 Å². The quantitative estimate of drug-likeness (QED) is 0.628. The SMILES string of the molecule is COCc1csc(-c2cc([N+](=O)[O-])ccc2C)n1. The standard InChI is InChI=1S/C12H12N2O3S/c1-8-3-4-10(14(15)16)5-11(8)12-13-9(6-17-2)7-18-12/h3-5,7H,6H2,1-2H3. The van der Waals surface area contributed by atoms with Crippen molar-refractivity contribution in [3.8, 4) is 10.6 Å². The highest BCUT2D eigenvalue weighted by molar-refractivity contribution is 7.13. The molecule has 6 heteroatoms. The van der Waals surface area contributed by atoms with Gasteiger partial charge >= 0.3 is 0 Å². The highest BCUT2D eigenvalue weighted by atomic mass is 32.1. The van der Waals surface area contributed by atoms with Gasteiger partial charge in [-0.25, -0.2) is 4.98 Å². The number of nitro groups is 1. The Kier molecular flexibility index (Phi) is 3.69. The van der Waals surface area contributed by atoms with Crippen LogP contribution < -0.4 is 0 Å². The van der Waals surface area contributed by atoms with Crippen molar-refractivity contribution in [1.82, 2.24) is 4.98 Å². The molecular weight excluding hydrogens is 252 g/mol. The molecule has 1 aromatic carbocycles. The molecule has 0 fully saturated rings. The van der Waals surface area contributed by atoms with Crippen molar-refractivity contribution in [1.29, 1.82) is 0 Å². The van der Waals surface area contributed by atoms with E-state index in [0.717, 1.165) is 21.8 Å². The summed E-state index contributed by atoms with van der Waals surface area (Å²) < 4.78 is 5.01. The minimum Gasteiger partial charge on any atom is -0.378 e. The number of hydrogen-bond donors (Lipinski definition) is 0. The smallest absolute Gasteiger partial charge is 0.270 e. The van der Waals surface area contributed by atoms with E-state index in [2.05, 4.69) is 4.98 Å². The fourth-order valence-corrected chi connectivity index (χ4v) is 2.48. The molecule has 0 N–H and O–H groups in total. The predicted molar refractivity (Wildman–Crippen MR) is 69.7 cm³/mol. The topological polar surface area (TPSA) is 65.3 Å². The van der Waals surface area contributed by atoms with E-state index in [-0.39, 0.29) is 5.69 Å². The number of benzene rings is 1. The van der Waals surface area contributed by atoms with E-state index in [0.29, 0.717) is 6.61 Å². The molecule has 0 spiro atoms. The second kappa shape index (κ2) is 5.24. The number of ether oxygens (including phenoxy) is 1. The molecule has 18 heavy (non-hydrogen) atoms. The van der Waals surface area contributed by atoms with Crippen LogP contribution in [0.15, 0.2) is 23.6 Å². The van der Waals surface area contributed by atoms with Crippen LogP contribution in [0.2, 0.25) is 0 Å². The van der Waals surface area contributed by atoms with E-state index in [1.165, 1.54) is 17.4 Å². The van der Waals surface area contributed by atoms with Crippen LogP contribution in [-0.2, 0) is 11.3 Å². The summed E-state index contributed by atoms with van der Waals surface area (Å²) in [6, 6.07) is 4.80. The van der Waals surface area contributed by atoms with Gasteiger partial charge in [-0.1, -0.05) is 6.07 Å². The van der Waals surface area contributed by atoms with Crippen molar-refractivity contribution < 1.29 is 9.66 Å². The second-order valence-corrected chi connectivity index (χ2v) is 4.69. The van der Waals surface area contributed by atoms with Crippen LogP contribution in [-0.4, -0.2) is 17.0 Å². The summed E-state index contributed by atoms with van der Waals surface area (Å²) in [6.07, 6.45) is 0. The fourth-order valence-electron chi connectivity index (χ4n) is 1.60. The lowest BCUT2D eigenvalue weighted by atomic mass is 10.1. The molecular formula is C12H12N2O3S. The summed E-state index contributed by atoms with van der Waals surface area (Å²) in [7, 11) is 1.61. The number of methoxy groups -OCH3 is 1. The first kappa shape index (κ1) is 12.7. The van der Waals surface area contributed by atoms with Crippen LogP contribution in [0, 0.1) is 17.0 Å². The maximum absolute atomic E-state index is 10.8. The average molecular weight is 264 g/mol. The summed E-state index contributed by atoms with van der Waals surface area (Å²) in [5, 5.41) is 13.5. The molecule has 5 nitrogen and oxygen atoms in total. The largest absolute Gasteiger partial charge is 0.378 e. The molecule has 0 radical (unpaired) electrons. The zero-order chi connectivity index (χ0) is 13.1. The molecule has 0 saturated carbocycles. The maximum atomic E-state index is 10.8. The fraction of sp³-hybridized carbons (Fsp3) is 0.250. The van der Waals surface area contributed by atoms with Gasteiger partial charge in [-0.3, -0.25) is 10.1 Å². The Morgan fingerprint density at radius 1 is 1.50 bits per heavy atom. The van der Waals surface area contributed by atoms with Crippen LogP contribution in [0.5, 0.6) is 0 Å². The van der Waals surface area contributed by atoms with Crippen LogP contribution >= 0.6 is 11.3 Å². The molecule has 2 aromatic rings. The lowest BCUT2D eigenvalue weighted by molar-refractivity contribution is -0.384. The highest BCUT2D eigenvalue weighted by Crippen LogP contribution is 2.30. The third kappa shape index (κ3) is 2.55. The third-order valence-corrected chi connectivity index (χ3v) is 3.43. The molecule has 0 unspecified atom stereocenters. The highest BCUT2D eigenvalue weighted by Gasteiger charge is 2.13.